The van der Waals surface area contributed by atoms with Crippen LogP contribution < -0.4 is 5.73 Å². The molecule has 3 N–H and O–H groups in total. The van der Waals surface area contributed by atoms with Crippen LogP contribution in [0.3, 0.4) is 0 Å². The molecule has 2 unspecified atom stereocenters. The zero-order chi connectivity index (χ0) is 59.4. The maximum absolute atomic E-state index is 12.8. The molecule has 0 aromatic heterocycles. The minimum atomic E-state index is -4.39. The van der Waals surface area contributed by atoms with Gasteiger partial charge in [0, 0.05) is 19.4 Å². The Morgan fingerprint density at radius 2 is 0.671 bits per heavy atom. The Balaban J connectivity index is 3.81. The summed E-state index contributed by atoms with van der Waals surface area (Å²) in [5, 5.41) is 0. The number of carbonyl (C=O) groups excluding carboxylic acids is 2. The molecular weight excluding hydrogens is 1040 g/mol. The van der Waals surface area contributed by atoms with E-state index < -0.39 is 26.5 Å². The molecule has 0 amide bonds. The first-order valence-corrected chi connectivity index (χ1v) is 36.1. The van der Waals surface area contributed by atoms with Gasteiger partial charge in [-0.25, -0.2) is 4.57 Å². The number of unbranched alkanes of at least 4 members (excludes halogenated alkanes) is 38. The van der Waals surface area contributed by atoms with Gasteiger partial charge in [-0.2, -0.15) is 0 Å². The van der Waals surface area contributed by atoms with Crippen molar-refractivity contribution in [1.29, 1.82) is 0 Å². The van der Waals surface area contributed by atoms with E-state index in [0.717, 1.165) is 77.0 Å². The van der Waals surface area contributed by atoms with Crippen molar-refractivity contribution >= 4 is 19.8 Å². The maximum Gasteiger partial charge on any atom is 0.472 e. The molecule has 10 heteroatoms. The van der Waals surface area contributed by atoms with E-state index in [1.54, 1.807) is 0 Å². The largest absolute Gasteiger partial charge is 0.472 e. The molecule has 82 heavy (non-hydrogen) atoms. The first-order chi connectivity index (χ1) is 40.3. The van der Waals surface area contributed by atoms with Crippen molar-refractivity contribution in [1.82, 2.24) is 0 Å². The van der Waals surface area contributed by atoms with Crippen LogP contribution in [0.2, 0.25) is 0 Å². The van der Waals surface area contributed by atoms with Gasteiger partial charge in [-0.15, -0.1) is 0 Å². The van der Waals surface area contributed by atoms with Gasteiger partial charge in [-0.3, -0.25) is 18.6 Å². The second kappa shape index (κ2) is 67.3. The fourth-order valence-corrected chi connectivity index (χ4v) is 10.7. The molecule has 0 saturated heterocycles. The predicted octanol–water partition coefficient (Wildman–Crippen LogP) is 22.6. The standard InChI is InChI=1S/C72H130NO8P/c1-3-5-7-9-11-13-15-17-19-21-23-25-26-27-28-29-30-31-32-33-34-35-36-37-38-39-40-41-42-43-44-45-47-49-51-53-55-57-59-61-63-65-72(75)81-70(69-80-82(76,77)79-67-66-73)68-78-71(74)64-62-60-58-56-54-52-50-48-46-24-22-20-18-16-14-12-10-8-6-4-2/h5,7,11,13,17,19,23,25,27-28,30-31,33-34,70H,3-4,6,8-10,12,14-16,18,20-22,24,26,29,32,35-69,73H2,1-2H3,(H,76,77)/b7-5-,13-11-,19-17-,25-23-,28-27-,31-30-,34-33-. The predicted molar refractivity (Wildman–Crippen MR) is 353 cm³/mol. The van der Waals surface area contributed by atoms with Crippen LogP contribution in [0, 0.1) is 0 Å². The number of phosphoric ester groups is 1. The van der Waals surface area contributed by atoms with Crippen LogP contribution in [0.15, 0.2) is 85.1 Å². The van der Waals surface area contributed by atoms with Gasteiger partial charge in [0.05, 0.1) is 13.2 Å². The highest BCUT2D eigenvalue weighted by Gasteiger charge is 2.26. The fourth-order valence-electron chi connectivity index (χ4n) is 9.97. The van der Waals surface area contributed by atoms with Gasteiger partial charge >= 0.3 is 19.8 Å². The number of ether oxygens (including phenoxy) is 2. The molecule has 0 aliphatic carbocycles. The highest BCUT2D eigenvalue weighted by Crippen LogP contribution is 2.43. The van der Waals surface area contributed by atoms with E-state index in [2.05, 4.69) is 98.9 Å². The van der Waals surface area contributed by atoms with Gasteiger partial charge in [-0.1, -0.05) is 330 Å². The molecule has 0 aliphatic rings. The average molecular weight is 1170 g/mol. The number of esters is 2. The van der Waals surface area contributed by atoms with Crippen molar-refractivity contribution in [2.24, 2.45) is 5.73 Å². The van der Waals surface area contributed by atoms with E-state index >= 15 is 0 Å². The Morgan fingerprint density at radius 1 is 0.378 bits per heavy atom. The van der Waals surface area contributed by atoms with Crippen molar-refractivity contribution in [3.8, 4) is 0 Å². The summed E-state index contributed by atoms with van der Waals surface area (Å²) in [6.07, 6.45) is 89.6. The molecular formula is C72H130NO8P. The van der Waals surface area contributed by atoms with E-state index in [1.165, 1.54) is 218 Å². The normalized spacial score (nSPS) is 13.5. The molecule has 0 aromatic rings. The van der Waals surface area contributed by atoms with Crippen LogP contribution in [0.4, 0.5) is 0 Å². The first kappa shape index (κ1) is 79.2. The second-order valence-electron chi connectivity index (χ2n) is 23.0. The number of allylic oxidation sites excluding steroid dienone is 14. The Bertz CT molecular complexity index is 1620. The van der Waals surface area contributed by atoms with Crippen molar-refractivity contribution in [2.75, 3.05) is 26.4 Å². The SMILES string of the molecule is CC/C=C\C/C=C\C/C=C\C/C=C\C/C=C\C/C=C\C/C=C\CCCCCCCCCCCCCCCCCCCCCC(=O)OC(COC(=O)CCCCCCCCCCCCCCCCCCCCCC)COP(=O)(O)OCCN. The van der Waals surface area contributed by atoms with Gasteiger partial charge in [0.2, 0.25) is 0 Å². The lowest BCUT2D eigenvalue weighted by atomic mass is 10.0. The van der Waals surface area contributed by atoms with Crippen LogP contribution in [-0.4, -0.2) is 49.3 Å². The van der Waals surface area contributed by atoms with E-state index in [0.29, 0.717) is 6.42 Å². The molecule has 0 bridgehead atoms. The van der Waals surface area contributed by atoms with Crippen molar-refractivity contribution in [3.63, 3.8) is 0 Å². The van der Waals surface area contributed by atoms with E-state index in [9.17, 15) is 19.0 Å². The Labute approximate surface area is 506 Å². The molecule has 0 aliphatic heterocycles. The van der Waals surface area contributed by atoms with Crippen LogP contribution in [0.5, 0.6) is 0 Å². The molecule has 0 radical (unpaired) electrons. The van der Waals surface area contributed by atoms with E-state index in [-0.39, 0.29) is 38.6 Å². The molecule has 0 rings (SSSR count). The fraction of sp³-hybridized carbons (Fsp3) is 0.778. The summed E-state index contributed by atoms with van der Waals surface area (Å²) in [5.41, 5.74) is 5.40. The third-order valence-corrected chi connectivity index (χ3v) is 16.0. The Kier molecular flexibility index (Phi) is 65.0. The van der Waals surface area contributed by atoms with Gasteiger partial charge in [0.1, 0.15) is 6.61 Å². The van der Waals surface area contributed by atoms with Crippen LogP contribution in [0.1, 0.15) is 328 Å². The quantitative estimate of drug-likeness (QED) is 0.0264. The molecule has 0 fully saturated rings. The number of rotatable bonds is 65. The maximum atomic E-state index is 12.8. The van der Waals surface area contributed by atoms with Gasteiger partial charge in [0.15, 0.2) is 6.10 Å². The van der Waals surface area contributed by atoms with E-state index in [4.69, 9.17) is 24.3 Å². The van der Waals surface area contributed by atoms with Crippen molar-refractivity contribution < 1.29 is 37.6 Å². The highest BCUT2D eigenvalue weighted by atomic mass is 31.2. The van der Waals surface area contributed by atoms with Gasteiger partial charge < -0.3 is 20.1 Å². The molecule has 0 aromatic carbocycles. The smallest absolute Gasteiger partial charge is 0.462 e. The topological polar surface area (TPSA) is 134 Å². The average Bonchev–Trinajstić information content (AvgIpc) is 3.47. The minimum absolute atomic E-state index is 0.0542. The number of hydrogen-bond donors (Lipinski definition) is 2. The summed E-state index contributed by atoms with van der Waals surface area (Å²) in [4.78, 5) is 35.3. The molecule has 476 valence electrons. The monoisotopic (exact) mass is 1170 g/mol. The van der Waals surface area contributed by atoms with Crippen LogP contribution in [0.25, 0.3) is 0 Å². The zero-order valence-corrected chi connectivity index (χ0v) is 54.4. The molecule has 2 atom stereocenters. The summed E-state index contributed by atoms with van der Waals surface area (Å²) >= 11 is 0. The minimum Gasteiger partial charge on any atom is -0.462 e. The summed E-state index contributed by atoms with van der Waals surface area (Å²) in [5.74, 6) is -0.811. The zero-order valence-electron chi connectivity index (χ0n) is 53.5. The van der Waals surface area contributed by atoms with Gasteiger partial charge in [0.25, 0.3) is 0 Å². The number of nitrogens with two attached hydrogens (primary N) is 1. The molecule has 0 saturated carbocycles. The van der Waals surface area contributed by atoms with Crippen LogP contribution in [-0.2, 0) is 32.7 Å². The summed E-state index contributed by atoms with van der Waals surface area (Å²) in [6.45, 7) is 3.68. The third-order valence-electron chi connectivity index (χ3n) is 15.0. The summed E-state index contributed by atoms with van der Waals surface area (Å²) in [6, 6.07) is 0. The molecule has 0 spiro atoms. The van der Waals surface area contributed by atoms with Crippen molar-refractivity contribution in [3.05, 3.63) is 85.1 Å². The second-order valence-corrected chi connectivity index (χ2v) is 24.5. The number of carbonyl (C=O) groups is 2. The molecule has 9 nitrogen and oxygen atoms in total. The first-order valence-electron chi connectivity index (χ1n) is 34.6. The van der Waals surface area contributed by atoms with Crippen LogP contribution >= 0.6 is 7.82 Å². The highest BCUT2D eigenvalue weighted by molar-refractivity contribution is 7.47. The third kappa shape index (κ3) is 66.3. The molecule has 0 heterocycles. The Hall–Kier alpha value is -2.81. The summed E-state index contributed by atoms with van der Waals surface area (Å²) < 4.78 is 33.2. The van der Waals surface area contributed by atoms with Gasteiger partial charge in [-0.05, 0) is 70.6 Å². The van der Waals surface area contributed by atoms with Crippen molar-refractivity contribution in [2.45, 2.75) is 335 Å². The lowest BCUT2D eigenvalue weighted by molar-refractivity contribution is -0.161. The number of hydrogen-bond acceptors (Lipinski definition) is 8. The number of phosphoric acid groups is 1. The summed E-state index contributed by atoms with van der Waals surface area (Å²) in [7, 11) is -4.39. The lowest BCUT2D eigenvalue weighted by Crippen LogP contribution is -2.29. The van der Waals surface area contributed by atoms with E-state index in [1.807, 2.05) is 0 Å². The lowest BCUT2D eigenvalue weighted by Gasteiger charge is -2.19. The Morgan fingerprint density at radius 3 is 1.00 bits per heavy atom.